The van der Waals surface area contributed by atoms with Crippen LogP contribution in [0, 0.1) is 5.92 Å². The first-order valence-corrected chi connectivity index (χ1v) is 9.48. The topological polar surface area (TPSA) is 185 Å². The average Bonchev–Trinajstić information content (AvgIpc) is 2.93. The summed E-state index contributed by atoms with van der Waals surface area (Å²) in [6.07, 6.45) is -11.6. The zero-order valence-electron chi connectivity index (χ0n) is 16.7. The Morgan fingerprint density at radius 1 is 1.13 bits per heavy atom. The fourth-order valence-electron chi connectivity index (χ4n) is 4.06. The molecule has 2 fully saturated rings. The van der Waals surface area contributed by atoms with Crippen molar-refractivity contribution in [2.24, 2.45) is 5.92 Å². The molecule has 3 rings (SSSR count). The zero-order chi connectivity index (χ0) is 22.4. The molecule has 12 heteroatoms. The Bertz CT molecular complexity index is 676. The third-order valence-electron chi connectivity index (χ3n) is 5.74. The van der Waals surface area contributed by atoms with Crippen LogP contribution in [0.15, 0.2) is 11.3 Å². The van der Waals surface area contributed by atoms with Crippen LogP contribution < -0.4 is 0 Å². The average molecular weight is 436 g/mol. The van der Waals surface area contributed by atoms with Gasteiger partial charge in [-0.25, -0.2) is 0 Å². The Labute approximate surface area is 172 Å². The van der Waals surface area contributed by atoms with Gasteiger partial charge in [-0.2, -0.15) is 0 Å². The monoisotopic (exact) mass is 436 g/mol. The number of hydrogen-bond donors (Lipinski definition) is 6. The molecule has 30 heavy (non-hydrogen) atoms. The lowest BCUT2D eigenvalue weighted by Crippen LogP contribution is -2.61. The predicted molar refractivity (Wildman–Crippen MR) is 94.1 cm³/mol. The second-order valence-corrected chi connectivity index (χ2v) is 7.81. The molecule has 12 nitrogen and oxygen atoms in total. The standard InChI is InChI=1S/C18H28O12/c1-6(20)27-14-7-4-9(21)18(2,25)10(7)15(30-17(14)26-3)29-16-13(24)12(23)11(22)8(5-19)28-16/h8-13,15-17,19,21-25H,4-5H2,1-3H3/t8-,9+,10-,11-,12+,13-,15-,16+,17+,18+/m1/s1. The molecule has 0 spiro atoms. The number of hydrogen-bond acceptors (Lipinski definition) is 12. The molecule has 1 saturated heterocycles. The summed E-state index contributed by atoms with van der Waals surface area (Å²) in [7, 11) is 1.28. The largest absolute Gasteiger partial charge is 0.426 e. The van der Waals surface area contributed by atoms with Crippen LogP contribution in [0.4, 0.5) is 0 Å². The van der Waals surface area contributed by atoms with E-state index in [0.717, 1.165) is 0 Å². The van der Waals surface area contributed by atoms with Gasteiger partial charge in [0.2, 0.25) is 6.29 Å². The van der Waals surface area contributed by atoms with Gasteiger partial charge in [-0.15, -0.1) is 0 Å². The Hall–Kier alpha value is -1.19. The summed E-state index contributed by atoms with van der Waals surface area (Å²) in [5, 5.41) is 60.7. The van der Waals surface area contributed by atoms with E-state index in [0.29, 0.717) is 5.57 Å². The van der Waals surface area contributed by atoms with Crippen molar-refractivity contribution in [3.05, 3.63) is 11.3 Å². The fourth-order valence-corrected chi connectivity index (χ4v) is 4.06. The smallest absolute Gasteiger partial charge is 0.307 e. The summed E-state index contributed by atoms with van der Waals surface area (Å²) in [6, 6.07) is 0. The summed E-state index contributed by atoms with van der Waals surface area (Å²) in [6.45, 7) is 1.87. The lowest BCUT2D eigenvalue weighted by molar-refractivity contribution is -0.367. The molecule has 3 aliphatic rings. The maximum absolute atomic E-state index is 11.5. The molecule has 2 heterocycles. The van der Waals surface area contributed by atoms with E-state index in [-0.39, 0.29) is 12.2 Å². The normalized spacial score (nSPS) is 46.6. The van der Waals surface area contributed by atoms with Crippen molar-refractivity contribution in [1.29, 1.82) is 0 Å². The first-order chi connectivity index (χ1) is 14.0. The number of esters is 1. The van der Waals surface area contributed by atoms with E-state index in [4.69, 9.17) is 23.7 Å². The Kier molecular flexibility index (Phi) is 6.84. The van der Waals surface area contributed by atoms with Gasteiger partial charge in [0.15, 0.2) is 18.3 Å². The maximum atomic E-state index is 11.5. The van der Waals surface area contributed by atoms with E-state index in [1.165, 1.54) is 21.0 Å². The minimum atomic E-state index is -1.77. The van der Waals surface area contributed by atoms with E-state index >= 15 is 0 Å². The number of rotatable bonds is 5. The van der Waals surface area contributed by atoms with Gasteiger partial charge in [-0.1, -0.05) is 0 Å². The molecule has 2 aliphatic heterocycles. The summed E-state index contributed by atoms with van der Waals surface area (Å²) in [4.78, 5) is 11.5. The van der Waals surface area contributed by atoms with Crippen molar-refractivity contribution in [3.8, 4) is 0 Å². The highest BCUT2D eigenvalue weighted by molar-refractivity contribution is 5.67. The van der Waals surface area contributed by atoms with Gasteiger partial charge in [-0.3, -0.25) is 4.79 Å². The number of aliphatic hydroxyl groups excluding tert-OH is 5. The summed E-state index contributed by atoms with van der Waals surface area (Å²) in [5.41, 5.74) is -1.44. The van der Waals surface area contributed by atoms with Gasteiger partial charge in [0, 0.05) is 20.5 Å². The minimum Gasteiger partial charge on any atom is -0.426 e. The lowest BCUT2D eigenvalue weighted by Gasteiger charge is -2.44. The van der Waals surface area contributed by atoms with Gasteiger partial charge in [0.25, 0.3) is 0 Å². The summed E-state index contributed by atoms with van der Waals surface area (Å²) >= 11 is 0. The second kappa shape index (κ2) is 8.74. The van der Waals surface area contributed by atoms with Gasteiger partial charge >= 0.3 is 5.97 Å². The molecule has 172 valence electrons. The molecule has 0 radical (unpaired) electrons. The SMILES string of the molecule is CO[C@H]1O[C@@H](O[C@@H]2O[C@H](CO)[C@@H](O)[C@H](O)[C@H]2O)[C@H]2C(=C1OC(C)=O)C[C@H](O)[C@]2(C)O. The molecule has 0 amide bonds. The lowest BCUT2D eigenvalue weighted by atomic mass is 9.87. The van der Waals surface area contributed by atoms with Crippen LogP contribution in [0.1, 0.15) is 20.3 Å². The molecule has 6 N–H and O–H groups in total. The molecule has 1 aliphatic carbocycles. The van der Waals surface area contributed by atoms with Gasteiger partial charge in [0.1, 0.15) is 24.4 Å². The van der Waals surface area contributed by atoms with Crippen LogP contribution in [0.5, 0.6) is 0 Å². The quantitative estimate of drug-likeness (QED) is 0.242. The molecule has 0 aromatic heterocycles. The Morgan fingerprint density at radius 3 is 2.37 bits per heavy atom. The van der Waals surface area contributed by atoms with Crippen LogP contribution in [-0.4, -0.2) is 105 Å². The third-order valence-corrected chi connectivity index (χ3v) is 5.74. The summed E-state index contributed by atoms with van der Waals surface area (Å²) < 4.78 is 27.1. The maximum Gasteiger partial charge on any atom is 0.307 e. The van der Waals surface area contributed by atoms with Crippen molar-refractivity contribution < 1.29 is 59.1 Å². The minimum absolute atomic E-state index is 0.0134. The highest BCUT2D eigenvalue weighted by Crippen LogP contribution is 2.49. The van der Waals surface area contributed by atoms with E-state index in [2.05, 4.69) is 0 Å². The molecule has 0 unspecified atom stereocenters. The van der Waals surface area contributed by atoms with Gasteiger partial charge in [-0.05, 0) is 12.5 Å². The molecular formula is C18H28O12. The number of ether oxygens (including phenoxy) is 5. The van der Waals surface area contributed by atoms with E-state index in [1.54, 1.807) is 0 Å². The van der Waals surface area contributed by atoms with Crippen LogP contribution in [0.2, 0.25) is 0 Å². The van der Waals surface area contributed by atoms with E-state index in [1.807, 2.05) is 0 Å². The van der Waals surface area contributed by atoms with Crippen molar-refractivity contribution >= 4 is 5.97 Å². The summed E-state index contributed by atoms with van der Waals surface area (Å²) in [5.74, 6) is -1.71. The highest BCUT2D eigenvalue weighted by Gasteiger charge is 2.58. The Balaban J connectivity index is 1.93. The molecule has 0 aromatic carbocycles. The fraction of sp³-hybridized carbons (Fsp3) is 0.833. The van der Waals surface area contributed by atoms with Crippen molar-refractivity contribution in [1.82, 2.24) is 0 Å². The van der Waals surface area contributed by atoms with E-state index in [9.17, 15) is 35.4 Å². The second-order valence-electron chi connectivity index (χ2n) is 7.81. The zero-order valence-corrected chi connectivity index (χ0v) is 16.7. The van der Waals surface area contributed by atoms with Crippen LogP contribution in [0.3, 0.4) is 0 Å². The molecule has 0 bridgehead atoms. The molecule has 0 aromatic rings. The van der Waals surface area contributed by atoms with E-state index < -0.39 is 73.5 Å². The number of fused-ring (bicyclic) bond motifs is 1. The number of aliphatic hydroxyl groups is 6. The predicted octanol–water partition coefficient (Wildman–Crippen LogP) is -2.92. The Morgan fingerprint density at radius 2 is 1.80 bits per heavy atom. The van der Waals surface area contributed by atoms with Crippen LogP contribution >= 0.6 is 0 Å². The first kappa shape index (κ1) is 23.5. The van der Waals surface area contributed by atoms with Gasteiger partial charge < -0.3 is 54.3 Å². The van der Waals surface area contributed by atoms with Crippen molar-refractivity contribution in [2.75, 3.05) is 13.7 Å². The van der Waals surface area contributed by atoms with Crippen molar-refractivity contribution in [3.63, 3.8) is 0 Å². The molecule has 10 atom stereocenters. The molecular weight excluding hydrogens is 408 g/mol. The van der Waals surface area contributed by atoms with Crippen molar-refractivity contribution in [2.45, 2.75) is 75.3 Å². The number of carbonyl (C=O) groups excluding carboxylic acids is 1. The number of methoxy groups -OCH3 is 1. The van der Waals surface area contributed by atoms with Gasteiger partial charge in [0.05, 0.1) is 24.2 Å². The molecule has 1 saturated carbocycles. The highest BCUT2D eigenvalue weighted by atomic mass is 16.8. The number of carbonyl (C=O) groups is 1. The van der Waals surface area contributed by atoms with Crippen LogP contribution in [-0.2, 0) is 28.5 Å². The third kappa shape index (κ3) is 4.00. The van der Waals surface area contributed by atoms with Crippen LogP contribution in [0.25, 0.3) is 0 Å². The first-order valence-electron chi connectivity index (χ1n) is 9.48.